The van der Waals surface area contributed by atoms with E-state index in [4.69, 9.17) is 4.74 Å². The molecule has 0 aliphatic rings. The number of ether oxygens (including phenoxy) is 1. The lowest BCUT2D eigenvalue weighted by atomic mass is 10.1. The molecule has 20 heavy (non-hydrogen) atoms. The van der Waals surface area contributed by atoms with Crippen LogP contribution >= 0.6 is 33.9 Å². The molecule has 0 saturated carbocycles. The highest BCUT2D eigenvalue weighted by Crippen LogP contribution is 2.40. The Balaban J connectivity index is 2.12. The molecule has 1 unspecified atom stereocenters. The molecule has 0 bridgehead atoms. The van der Waals surface area contributed by atoms with Crippen LogP contribution in [0.3, 0.4) is 0 Å². The van der Waals surface area contributed by atoms with Crippen molar-refractivity contribution in [2.45, 2.75) is 13.0 Å². The lowest BCUT2D eigenvalue weighted by Gasteiger charge is -2.16. The van der Waals surface area contributed by atoms with Crippen LogP contribution in [0.2, 0.25) is 0 Å². The van der Waals surface area contributed by atoms with Gasteiger partial charge in [0.25, 0.3) is 0 Å². The summed E-state index contributed by atoms with van der Waals surface area (Å²) in [7, 11) is 0. The van der Waals surface area contributed by atoms with Crippen molar-refractivity contribution in [2.75, 3.05) is 6.61 Å². The SMILES string of the molecule is CCOC(c1ccccc1)c1sc2ccccc2c1I. The number of halogens is 1. The number of thiophene rings is 1. The zero-order valence-corrected chi connectivity index (χ0v) is 14.1. The van der Waals surface area contributed by atoms with Crippen molar-refractivity contribution in [2.24, 2.45) is 0 Å². The van der Waals surface area contributed by atoms with Crippen LogP contribution in [0.1, 0.15) is 23.5 Å². The normalized spacial score (nSPS) is 12.7. The van der Waals surface area contributed by atoms with E-state index in [0.717, 1.165) is 0 Å². The lowest BCUT2D eigenvalue weighted by molar-refractivity contribution is 0.0934. The standard InChI is InChI=1S/C17H15IOS/c1-2-19-16(12-8-4-3-5-9-12)17-15(18)13-10-6-7-11-14(13)20-17/h3-11,16H,2H2,1H3. The van der Waals surface area contributed by atoms with Crippen LogP contribution < -0.4 is 0 Å². The van der Waals surface area contributed by atoms with E-state index < -0.39 is 0 Å². The third kappa shape index (κ3) is 2.62. The molecule has 0 N–H and O–H groups in total. The second-order valence-electron chi connectivity index (χ2n) is 4.52. The third-order valence-corrected chi connectivity index (χ3v) is 5.98. The largest absolute Gasteiger partial charge is 0.368 e. The number of fused-ring (bicyclic) bond motifs is 1. The van der Waals surface area contributed by atoms with Gasteiger partial charge in [0.15, 0.2) is 0 Å². The van der Waals surface area contributed by atoms with Gasteiger partial charge in [0, 0.05) is 20.3 Å². The van der Waals surface area contributed by atoms with Crippen LogP contribution in [0.25, 0.3) is 10.1 Å². The van der Waals surface area contributed by atoms with Crippen molar-refractivity contribution in [3.63, 3.8) is 0 Å². The van der Waals surface area contributed by atoms with Gasteiger partial charge in [0.05, 0.1) is 4.88 Å². The highest BCUT2D eigenvalue weighted by atomic mass is 127. The first kappa shape index (κ1) is 14.0. The van der Waals surface area contributed by atoms with Crippen molar-refractivity contribution < 1.29 is 4.74 Å². The quantitative estimate of drug-likeness (QED) is 0.521. The maximum Gasteiger partial charge on any atom is 0.118 e. The van der Waals surface area contributed by atoms with E-state index in [1.165, 1.54) is 24.1 Å². The molecule has 3 rings (SSSR count). The Morgan fingerprint density at radius 2 is 1.75 bits per heavy atom. The molecule has 0 radical (unpaired) electrons. The highest BCUT2D eigenvalue weighted by molar-refractivity contribution is 14.1. The van der Waals surface area contributed by atoms with Gasteiger partial charge < -0.3 is 4.74 Å². The highest BCUT2D eigenvalue weighted by Gasteiger charge is 2.21. The molecular weight excluding hydrogens is 379 g/mol. The van der Waals surface area contributed by atoms with Gasteiger partial charge in [-0.15, -0.1) is 11.3 Å². The van der Waals surface area contributed by atoms with E-state index in [9.17, 15) is 0 Å². The summed E-state index contributed by atoms with van der Waals surface area (Å²) in [4.78, 5) is 1.31. The molecule has 0 saturated heterocycles. The van der Waals surface area contributed by atoms with Gasteiger partial charge in [-0.2, -0.15) is 0 Å². The molecule has 3 heteroatoms. The second kappa shape index (κ2) is 6.24. The summed E-state index contributed by atoms with van der Waals surface area (Å²) < 4.78 is 8.67. The Morgan fingerprint density at radius 3 is 2.45 bits per heavy atom. The molecule has 1 heterocycles. The van der Waals surface area contributed by atoms with Crippen molar-refractivity contribution in [1.82, 2.24) is 0 Å². The zero-order chi connectivity index (χ0) is 13.9. The van der Waals surface area contributed by atoms with Gasteiger partial charge in [-0.3, -0.25) is 0 Å². The Kier molecular flexibility index (Phi) is 4.38. The van der Waals surface area contributed by atoms with Crippen LogP contribution in [-0.4, -0.2) is 6.61 Å². The Morgan fingerprint density at radius 1 is 1.05 bits per heavy atom. The Bertz CT molecular complexity index is 705. The van der Waals surface area contributed by atoms with Crippen LogP contribution in [0.15, 0.2) is 54.6 Å². The summed E-state index contributed by atoms with van der Waals surface area (Å²) in [5.74, 6) is 0. The number of rotatable bonds is 4. The fourth-order valence-corrected chi connectivity index (χ4v) is 4.76. The Hall–Kier alpha value is -0.910. The molecule has 102 valence electrons. The Labute approximate surface area is 136 Å². The molecule has 0 aliphatic heterocycles. The molecular formula is C17H15IOS. The number of hydrogen-bond donors (Lipinski definition) is 0. The van der Waals surface area contributed by atoms with E-state index >= 15 is 0 Å². The van der Waals surface area contributed by atoms with Crippen molar-refractivity contribution >= 4 is 44.0 Å². The molecule has 2 aromatic carbocycles. The van der Waals surface area contributed by atoms with Crippen LogP contribution in [0.4, 0.5) is 0 Å². The van der Waals surface area contributed by atoms with E-state index in [1.807, 2.05) is 17.4 Å². The summed E-state index contributed by atoms with van der Waals surface area (Å²) in [6, 6.07) is 19.0. The van der Waals surface area contributed by atoms with Crippen LogP contribution in [-0.2, 0) is 4.74 Å². The van der Waals surface area contributed by atoms with Crippen LogP contribution in [0.5, 0.6) is 0 Å². The third-order valence-electron chi connectivity index (χ3n) is 3.23. The monoisotopic (exact) mass is 394 g/mol. The molecule has 0 aliphatic carbocycles. The first-order chi connectivity index (χ1) is 9.81. The first-order valence-corrected chi connectivity index (χ1v) is 8.54. The van der Waals surface area contributed by atoms with Gasteiger partial charge in [0.1, 0.15) is 6.10 Å². The van der Waals surface area contributed by atoms with Crippen molar-refractivity contribution in [3.8, 4) is 0 Å². The van der Waals surface area contributed by atoms with Crippen LogP contribution in [0, 0.1) is 3.57 Å². The van der Waals surface area contributed by atoms with E-state index in [-0.39, 0.29) is 6.10 Å². The minimum absolute atomic E-state index is 0.0329. The van der Waals surface area contributed by atoms with Gasteiger partial charge >= 0.3 is 0 Å². The lowest BCUT2D eigenvalue weighted by Crippen LogP contribution is -2.05. The molecule has 3 aromatic rings. The predicted octanol–water partition coefficient (Wildman–Crippen LogP) is 5.63. The molecule has 1 atom stereocenters. The second-order valence-corrected chi connectivity index (χ2v) is 6.69. The summed E-state index contributed by atoms with van der Waals surface area (Å²) in [5.41, 5.74) is 1.22. The maximum absolute atomic E-state index is 6.03. The predicted molar refractivity (Wildman–Crippen MR) is 94.5 cm³/mol. The first-order valence-electron chi connectivity index (χ1n) is 6.64. The molecule has 0 amide bonds. The van der Waals surface area contributed by atoms with Crippen molar-refractivity contribution in [1.29, 1.82) is 0 Å². The van der Waals surface area contributed by atoms with Gasteiger partial charge in [-0.05, 0) is 41.1 Å². The van der Waals surface area contributed by atoms with Gasteiger partial charge in [0.2, 0.25) is 0 Å². The smallest absolute Gasteiger partial charge is 0.118 e. The van der Waals surface area contributed by atoms with E-state index in [0.29, 0.717) is 6.61 Å². The van der Waals surface area contributed by atoms with E-state index in [1.54, 1.807) is 0 Å². The number of benzene rings is 2. The summed E-state index contributed by atoms with van der Waals surface area (Å²) in [6.07, 6.45) is 0.0329. The minimum Gasteiger partial charge on any atom is -0.368 e. The van der Waals surface area contributed by atoms with Gasteiger partial charge in [-0.1, -0.05) is 48.5 Å². The molecule has 0 spiro atoms. The fraction of sp³-hybridized carbons (Fsp3) is 0.176. The minimum atomic E-state index is 0.0329. The maximum atomic E-state index is 6.03. The molecule has 1 nitrogen and oxygen atoms in total. The van der Waals surface area contributed by atoms with Gasteiger partial charge in [-0.25, -0.2) is 0 Å². The zero-order valence-electron chi connectivity index (χ0n) is 11.2. The van der Waals surface area contributed by atoms with Crippen molar-refractivity contribution in [3.05, 3.63) is 68.6 Å². The molecule has 0 fully saturated rings. The average Bonchev–Trinajstić information content (AvgIpc) is 2.83. The topological polar surface area (TPSA) is 9.23 Å². The molecule has 1 aromatic heterocycles. The average molecular weight is 394 g/mol. The summed E-state index contributed by atoms with van der Waals surface area (Å²) in [6.45, 7) is 2.76. The number of hydrogen-bond acceptors (Lipinski definition) is 2. The van der Waals surface area contributed by atoms with E-state index in [2.05, 4.69) is 78.0 Å². The fourth-order valence-electron chi connectivity index (χ4n) is 2.32. The summed E-state index contributed by atoms with van der Waals surface area (Å²) >= 11 is 4.28. The summed E-state index contributed by atoms with van der Waals surface area (Å²) in [5, 5.41) is 1.33.